The maximum atomic E-state index is 15.2. The van der Waals surface area contributed by atoms with Crippen LogP contribution in [-0.4, -0.2) is 244 Å². The van der Waals surface area contributed by atoms with Gasteiger partial charge in [0.05, 0.1) is 24.4 Å². The first-order valence-electron chi connectivity index (χ1n) is 39.9. The number of amides is 10. The van der Waals surface area contributed by atoms with Gasteiger partial charge in [-0.1, -0.05) is 41.6 Å². The van der Waals surface area contributed by atoms with Gasteiger partial charge in [-0.2, -0.15) is 0 Å². The normalized spacial score (nSPS) is 19.9. The molecule has 12 rings (SSSR count). The number of aliphatic hydroxyl groups is 1. The number of hydrogen-bond acceptors (Lipinski definition) is 22. The van der Waals surface area contributed by atoms with Crippen LogP contribution >= 0.6 is 12.2 Å². The Morgan fingerprint density at radius 2 is 1.19 bits per heavy atom. The largest absolute Gasteiger partial charge is 0.508 e. The van der Waals surface area contributed by atoms with Crippen LogP contribution in [0.3, 0.4) is 0 Å². The summed E-state index contributed by atoms with van der Waals surface area (Å²) in [6, 6.07) is 14.5. The zero-order valence-corrected chi connectivity index (χ0v) is 66.6. The third-order valence-electron chi connectivity index (χ3n) is 22.6. The molecule has 636 valence electrons. The van der Waals surface area contributed by atoms with Crippen LogP contribution in [0.4, 0.5) is 5.69 Å². The number of phenolic OH excluding ortho intramolecular Hbond substituents is 2. The summed E-state index contributed by atoms with van der Waals surface area (Å²) >= 11 is 5.64. The van der Waals surface area contributed by atoms with Crippen LogP contribution in [0.2, 0.25) is 0 Å². The lowest BCUT2D eigenvalue weighted by Gasteiger charge is -2.39. The molecular weight excluding hydrogens is 1580 g/mol. The molecule has 120 heavy (non-hydrogen) atoms. The molecule has 0 bridgehead atoms. The minimum absolute atomic E-state index is 0.0215. The van der Waals surface area contributed by atoms with Gasteiger partial charge in [-0.05, 0) is 186 Å². The summed E-state index contributed by atoms with van der Waals surface area (Å²) in [5, 5.41) is 83.7. The van der Waals surface area contributed by atoms with E-state index < -0.39 is 188 Å². The third-order valence-corrected chi connectivity index (χ3v) is 22.9. The summed E-state index contributed by atoms with van der Waals surface area (Å²) in [6.07, 6.45) is -1.36. The number of primary amides is 1. The Morgan fingerprint density at radius 3 is 1.87 bits per heavy atom. The molecule has 0 aromatic heterocycles. The number of carboxylic acids is 3. The van der Waals surface area contributed by atoms with Crippen LogP contribution in [0.1, 0.15) is 167 Å². The number of thiocarbonyl (C=S) groups is 1. The van der Waals surface area contributed by atoms with Gasteiger partial charge in [-0.15, -0.1) is 0 Å². The van der Waals surface area contributed by atoms with E-state index in [1.54, 1.807) is 30.3 Å². The molecule has 6 heterocycles. The Bertz CT molecular complexity index is 4870. The van der Waals surface area contributed by atoms with Gasteiger partial charge in [0.15, 0.2) is 10.7 Å². The number of hydrogen-bond donors (Lipinski definition) is 14. The molecule has 0 saturated carbocycles. The fraction of sp³-hybridized carbons (Fsp3) is 0.446. The number of phenols is 2. The second-order valence-electron chi connectivity index (χ2n) is 30.9. The molecular formula is C83H95N13O23S. The zero-order chi connectivity index (χ0) is 86.0. The third kappa shape index (κ3) is 19.6. The van der Waals surface area contributed by atoms with Crippen LogP contribution in [0.15, 0.2) is 102 Å². The summed E-state index contributed by atoms with van der Waals surface area (Å²) in [4.78, 5) is 202. The number of benzene rings is 5. The number of aromatic hydroxyl groups is 2. The molecule has 10 amide bonds. The van der Waals surface area contributed by atoms with Crippen molar-refractivity contribution in [3.05, 3.63) is 136 Å². The molecule has 7 aliphatic rings. The summed E-state index contributed by atoms with van der Waals surface area (Å²) in [6.45, 7) is 2.66. The Balaban J connectivity index is 0.649. The van der Waals surface area contributed by atoms with Gasteiger partial charge in [-0.25, -0.2) is 4.79 Å². The number of carbonyl (C=O) groups excluding carboxylic acids is 11. The molecule has 4 saturated heterocycles. The maximum Gasteiger partial charge on any atom is 0.340 e. The Morgan fingerprint density at radius 1 is 0.600 bits per heavy atom. The number of nitrogens with two attached hydrogens (primary N) is 1. The lowest BCUT2D eigenvalue weighted by molar-refractivity contribution is -0.151. The fourth-order valence-electron chi connectivity index (χ4n) is 16.7. The molecule has 5 aromatic carbocycles. The topological polar surface area (TPSA) is 524 Å². The molecule has 6 aliphatic heterocycles. The first kappa shape index (κ1) is 86.5. The van der Waals surface area contributed by atoms with Crippen LogP contribution < -0.4 is 47.7 Å². The highest BCUT2D eigenvalue weighted by Gasteiger charge is 2.55. The molecule has 4 fully saturated rings. The van der Waals surface area contributed by atoms with Gasteiger partial charge in [0.2, 0.25) is 59.1 Å². The molecule has 11 atom stereocenters. The highest BCUT2D eigenvalue weighted by Crippen LogP contribution is 2.57. The highest BCUT2D eigenvalue weighted by atomic mass is 32.1. The standard InChI is InChI=1S/C83H95N13O23S/c1-43(78(113)95-32-8-6-13-63(95)80(115)96-42-51(119-86-41-45-17-21-53-47(35-45)36-46-11-3-4-12-52(46)53)40-64(96)76(111)90-59(26-29-69(103)104)73(108)89-58(72(84)107)25-28-68(101)102)87-77(112)71(44(2)97)92-75(110)62-15-10-34-94(62)79(114)60(27-30-70(105)106)91-74(109)61-14-9-33-93(61)67(100)16-5-7-31-85-82(120)88-48-18-22-54-57(37-48)83(118-81(54)116)55-23-19-49(98)38-65(55)117-66-39-50(99)20-24-56(66)83/h3-4,11-12,17-24,35,37-39,41,43-44,51,58-64,71,97-99H,5-10,13-16,25-34,36,40,42H2,1-2H3,(H2,84,107)(H,87,112)(H,89,108)(H,90,111)(H,91,109)(H,92,110)(H,101,102)(H,103,104)(H,105,106)(H2,85,88,120)/b86-41-/t43-,44+,51-,58-,59-,60-,61-,62-,63?,64-,71-/m0/s1. The summed E-state index contributed by atoms with van der Waals surface area (Å²) in [5.41, 5.74) is 11.1. The number of anilines is 1. The predicted molar refractivity (Wildman–Crippen MR) is 429 cm³/mol. The second-order valence-corrected chi connectivity index (χ2v) is 31.3. The van der Waals surface area contributed by atoms with E-state index in [-0.39, 0.29) is 104 Å². The van der Waals surface area contributed by atoms with Crippen LogP contribution in [0.5, 0.6) is 23.0 Å². The lowest BCUT2D eigenvalue weighted by atomic mass is 9.77. The fourth-order valence-corrected chi connectivity index (χ4v) is 16.9. The van der Waals surface area contributed by atoms with E-state index in [0.29, 0.717) is 73.0 Å². The summed E-state index contributed by atoms with van der Waals surface area (Å²) in [5.74, 6) is -12.9. The molecule has 5 aromatic rings. The number of esters is 1. The minimum Gasteiger partial charge on any atom is -0.508 e. The number of likely N-dealkylation sites (tertiary alicyclic amines) is 4. The van der Waals surface area contributed by atoms with Crippen molar-refractivity contribution >= 4 is 112 Å². The number of rotatable bonds is 33. The van der Waals surface area contributed by atoms with Crippen molar-refractivity contribution in [1.82, 2.24) is 51.5 Å². The summed E-state index contributed by atoms with van der Waals surface area (Å²) < 4.78 is 12.2. The van der Waals surface area contributed by atoms with E-state index in [1.807, 2.05) is 42.5 Å². The Kier molecular flexibility index (Phi) is 27.3. The van der Waals surface area contributed by atoms with Crippen molar-refractivity contribution < 1.29 is 112 Å². The zero-order valence-electron chi connectivity index (χ0n) is 65.8. The van der Waals surface area contributed by atoms with E-state index in [4.69, 9.17) is 32.3 Å². The first-order chi connectivity index (χ1) is 57.4. The van der Waals surface area contributed by atoms with Gasteiger partial charge in [0.25, 0.3) is 0 Å². The number of nitrogens with one attached hydrogen (secondary N) is 7. The first-order valence-corrected chi connectivity index (χ1v) is 40.3. The van der Waals surface area contributed by atoms with Gasteiger partial charge < -0.3 is 108 Å². The van der Waals surface area contributed by atoms with E-state index >= 15 is 4.79 Å². The number of piperidine rings is 1. The molecule has 1 aliphatic carbocycles. The maximum absolute atomic E-state index is 15.2. The second kappa shape index (κ2) is 37.9. The Labute approximate surface area is 693 Å². The van der Waals surface area contributed by atoms with Crippen molar-refractivity contribution in [3.63, 3.8) is 0 Å². The van der Waals surface area contributed by atoms with E-state index in [9.17, 15) is 93.0 Å². The quantitative estimate of drug-likeness (QED) is 0.00925. The van der Waals surface area contributed by atoms with Gasteiger partial charge in [-0.3, -0.25) is 62.3 Å². The van der Waals surface area contributed by atoms with Crippen molar-refractivity contribution in [1.29, 1.82) is 0 Å². The molecule has 36 nitrogen and oxygen atoms in total. The van der Waals surface area contributed by atoms with E-state index in [2.05, 4.69) is 42.4 Å². The number of fused-ring (bicyclic) bond motifs is 9. The van der Waals surface area contributed by atoms with E-state index in [1.165, 1.54) is 54.1 Å². The van der Waals surface area contributed by atoms with Gasteiger partial charge >= 0.3 is 23.9 Å². The average molecular weight is 1670 g/mol. The number of nitrogens with zero attached hydrogens (tertiary/aromatic N) is 5. The number of carbonyl (C=O) groups is 14. The SMILES string of the molecule is C[C@H](NC(=O)[C@@H](NC(=O)[C@@H]1CCCN1C(=O)[C@H](CCC(=O)O)NC(=O)[C@@H]1CCCN1C(=O)CCCCNC(=S)Nc1ccc2c(c1)C1(OC2=O)c2ccc(O)cc2Oc2cc(O)ccc21)[C@@H](C)O)C(=O)N1CCCCC1C(=O)N1C[C@@H](O/N=C\c2ccc3c(c2)Cc2ccccc2-3)C[C@H]1C(=O)N[C@@H](CCC(=O)O)C(=O)N[C@@H](CCC(=O)O)C(N)=O. The lowest BCUT2D eigenvalue weighted by Crippen LogP contribution is -2.62. The van der Waals surface area contributed by atoms with Crippen molar-refractivity contribution in [2.24, 2.45) is 10.9 Å². The number of ether oxygens (including phenoxy) is 2. The van der Waals surface area contributed by atoms with Gasteiger partial charge in [0.1, 0.15) is 83.5 Å². The number of aliphatic carboxylic acids is 3. The number of aliphatic hydroxyl groups excluding tert-OH is 1. The molecule has 1 spiro atoms. The smallest absolute Gasteiger partial charge is 0.340 e. The highest BCUT2D eigenvalue weighted by molar-refractivity contribution is 7.80. The van der Waals surface area contributed by atoms with Crippen LogP contribution in [-0.2, 0) is 83.9 Å². The summed E-state index contributed by atoms with van der Waals surface area (Å²) in [7, 11) is 0. The van der Waals surface area contributed by atoms with Crippen molar-refractivity contribution in [3.8, 4) is 34.1 Å². The molecule has 0 radical (unpaired) electrons. The van der Waals surface area contributed by atoms with Gasteiger partial charge in [0, 0.05) is 92.8 Å². The predicted octanol–water partition coefficient (Wildman–Crippen LogP) is 2.98. The number of unbranched alkanes of at least 4 members (excludes halogenated alkanes) is 1. The minimum atomic E-state index is -1.77. The number of carboxylic acid groups (broad SMARTS) is 3. The average Bonchev–Trinajstić information content (AvgIpc) is 1.50. The number of oxime groups is 1. The molecule has 15 N–H and O–H groups in total. The monoisotopic (exact) mass is 1670 g/mol. The van der Waals surface area contributed by atoms with Crippen molar-refractivity contribution in [2.45, 2.75) is 202 Å². The van der Waals surface area contributed by atoms with Crippen molar-refractivity contribution in [2.75, 3.05) is 38.0 Å². The van der Waals surface area contributed by atoms with Crippen LogP contribution in [0.25, 0.3) is 11.1 Å². The van der Waals surface area contributed by atoms with Crippen LogP contribution in [0, 0.1) is 0 Å². The Hall–Kier alpha value is -12.8. The molecule has 37 heteroatoms. The molecule has 1 unspecified atom stereocenters. The van der Waals surface area contributed by atoms with E-state index in [0.717, 1.165) is 32.1 Å².